The summed E-state index contributed by atoms with van der Waals surface area (Å²) in [4.78, 5) is 0. The van der Waals surface area contributed by atoms with Crippen molar-refractivity contribution in [3.63, 3.8) is 0 Å². The molecule has 1 aromatic carbocycles. The first-order chi connectivity index (χ1) is 6.40. The summed E-state index contributed by atoms with van der Waals surface area (Å²) in [6, 6.07) is 9.88. The van der Waals surface area contributed by atoms with Gasteiger partial charge in [0.2, 0.25) is 0 Å². The molecule has 1 fully saturated rings. The lowest BCUT2D eigenvalue weighted by molar-refractivity contribution is 0.261. The average Bonchev–Trinajstić information content (AvgIpc) is 2.67. The maximum Gasteiger partial charge on any atom is 0.494 e. The quantitative estimate of drug-likeness (QED) is 0.520. The van der Waals surface area contributed by atoms with E-state index in [1.165, 1.54) is 0 Å². The summed E-state index contributed by atoms with van der Waals surface area (Å²) in [6.45, 7) is 0.586. The van der Waals surface area contributed by atoms with E-state index in [2.05, 4.69) is 0 Å². The number of alkyl halides is 1. The van der Waals surface area contributed by atoms with Crippen molar-refractivity contribution in [2.75, 3.05) is 12.5 Å². The summed E-state index contributed by atoms with van der Waals surface area (Å²) < 4.78 is 11.0. The van der Waals surface area contributed by atoms with Crippen LogP contribution in [0.5, 0.6) is 0 Å². The molecular formula is C9H10BClO2. The molecule has 1 heterocycles. The van der Waals surface area contributed by atoms with Crippen LogP contribution in [-0.4, -0.2) is 25.7 Å². The standard InChI is InChI=1S/C9H10BClO2/c11-6-9-7-12-10(13-9)8-4-2-1-3-5-8/h1-5,9H,6-7H2. The zero-order valence-electron chi connectivity index (χ0n) is 7.15. The Morgan fingerprint density at radius 1 is 1.38 bits per heavy atom. The Bertz CT molecular complexity index is 268. The van der Waals surface area contributed by atoms with Crippen LogP contribution in [0, 0.1) is 0 Å². The highest BCUT2D eigenvalue weighted by molar-refractivity contribution is 6.61. The van der Waals surface area contributed by atoms with Gasteiger partial charge in [0.1, 0.15) is 0 Å². The van der Waals surface area contributed by atoms with Gasteiger partial charge < -0.3 is 9.31 Å². The molecule has 4 heteroatoms. The molecular weight excluding hydrogens is 186 g/mol. The van der Waals surface area contributed by atoms with Crippen molar-refractivity contribution in [1.82, 2.24) is 0 Å². The van der Waals surface area contributed by atoms with Crippen LogP contribution in [-0.2, 0) is 9.31 Å². The SMILES string of the molecule is ClCC1COB(c2ccccc2)O1. The minimum Gasteiger partial charge on any atom is -0.405 e. The van der Waals surface area contributed by atoms with Gasteiger partial charge in [0.15, 0.2) is 0 Å². The lowest BCUT2D eigenvalue weighted by atomic mass is 9.80. The molecule has 13 heavy (non-hydrogen) atoms. The van der Waals surface area contributed by atoms with E-state index >= 15 is 0 Å². The van der Waals surface area contributed by atoms with Crippen LogP contribution in [0.4, 0.5) is 0 Å². The second kappa shape index (κ2) is 4.14. The van der Waals surface area contributed by atoms with Crippen molar-refractivity contribution in [2.45, 2.75) is 6.10 Å². The molecule has 1 atom stereocenters. The van der Waals surface area contributed by atoms with Gasteiger partial charge in [0.25, 0.3) is 0 Å². The van der Waals surface area contributed by atoms with Crippen molar-refractivity contribution < 1.29 is 9.31 Å². The van der Waals surface area contributed by atoms with Gasteiger partial charge in [-0.1, -0.05) is 30.3 Å². The molecule has 0 N–H and O–H groups in total. The first kappa shape index (κ1) is 9.07. The van der Waals surface area contributed by atoms with Crippen molar-refractivity contribution in [1.29, 1.82) is 0 Å². The Labute approximate surface area is 82.9 Å². The van der Waals surface area contributed by atoms with E-state index < -0.39 is 0 Å². The molecule has 0 spiro atoms. The van der Waals surface area contributed by atoms with Crippen molar-refractivity contribution in [3.8, 4) is 0 Å². The monoisotopic (exact) mass is 196 g/mol. The van der Waals surface area contributed by atoms with E-state index in [4.69, 9.17) is 20.9 Å². The van der Waals surface area contributed by atoms with E-state index in [0.29, 0.717) is 12.5 Å². The van der Waals surface area contributed by atoms with Gasteiger partial charge in [-0.25, -0.2) is 0 Å². The Kier molecular flexibility index (Phi) is 2.88. The second-order valence-corrected chi connectivity index (χ2v) is 3.30. The molecule has 0 aromatic heterocycles. The zero-order chi connectivity index (χ0) is 9.10. The van der Waals surface area contributed by atoms with Crippen LogP contribution in [0.2, 0.25) is 0 Å². The smallest absolute Gasteiger partial charge is 0.405 e. The number of benzene rings is 1. The highest BCUT2D eigenvalue weighted by Crippen LogP contribution is 2.09. The van der Waals surface area contributed by atoms with E-state index in [9.17, 15) is 0 Å². The molecule has 0 bridgehead atoms. The third-order valence-corrected chi connectivity index (χ3v) is 2.34. The maximum absolute atomic E-state index is 5.66. The molecule has 0 amide bonds. The molecule has 1 aliphatic rings. The predicted molar refractivity (Wildman–Crippen MR) is 53.4 cm³/mol. The van der Waals surface area contributed by atoms with Gasteiger partial charge in [-0.3, -0.25) is 0 Å². The van der Waals surface area contributed by atoms with E-state index in [1.807, 2.05) is 30.3 Å². The fraction of sp³-hybridized carbons (Fsp3) is 0.333. The number of rotatable bonds is 2. The molecule has 2 nitrogen and oxygen atoms in total. The Hall–Kier alpha value is -0.505. The molecule has 0 saturated carbocycles. The largest absolute Gasteiger partial charge is 0.494 e. The highest BCUT2D eigenvalue weighted by Gasteiger charge is 2.31. The van der Waals surface area contributed by atoms with Crippen LogP contribution in [0.3, 0.4) is 0 Å². The number of hydrogen-bond acceptors (Lipinski definition) is 2. The molecule has 1 aliphatic heterocycles. The first-order valence-corrected chi connectivity index (χ1v) is 4.81. The molecule has 1 unspecified atom stereocenters. The highest BCUT2D eigenvalue weighted by atomic mass is 35.5. The first-order valence-electron chi connectivity index (χ1n) is 4.28. The van der Waals surface area contributed by atoms with Crippen molar-refractivity contribution in [3.05, 3.63) is 30.3 Å². The lowest BCUT2D eigenvalue weighted by Crippen LogP contribution is -2.32. The van der Waals surface area contributed by atoms with Crippen LogP contribution in [0.1, 0.15) is 0 Å². The predicted octanol–water partition coefficient (Wildman–Crippen LogP) is 1.04. The molecule has 2 rings (SSSR count). The summed E-state index contributed by atoms with van der Waals surface area (Å²) >= 11 is 5.66. The lowest BCUT2D eigenvalue weighted by Gasteiger charge is -2.05. The minimum atomic E-state index is -0.232. The summed E-state index contributed by atoms with van der Waals surface area (Å²) in [5.74, 6) is 0.489. The molecule has 1 saturated heterocycles. The third-order valence-electron chi connectivity index (χ3n) is 1.99. The molecule has 1 aromatic rings. The Balaban J connectivity index is 2.04. The van der Waals surface area contributed by atoms with Gasteiger partial charge in [0, 0.05) is 5.88 Å². The van der Waals surface area contributed by atoms with E-state index in [0.717, 1.165) is 5.46 Å². The molecule has 68 valence electrons. The molecule has 0 radical (unpaired) electrons. The molecule has 0 aliphatic carbocycles. The van der Waals surface area contributed by atoms with Crippen LogP contribution >= 0.6 is 11.6 Å². The van der Waals surface area contributed by atoms with Gasteiger partial charge in [-0.05, 0) is 5.46 Å². The van der Waals surface area contributed by atoms with Crippen LogP contribution < -0.4 is 5.46 Å². The summed E-state index contributed by atoms with van der Waals surface area (Å²) in [7, 11) is -0.232. The van der Waals surface area contributed by atoms with Crippen LogP contribution in [0.25, 0.3) is 0 Å². The maximum atomic E-state index is 5.66. The minimum absolute atomic E-state index is 0.0341. The van der Waals surface area contributed by atoms with Gasteiger partial charge in [-0.15, -0.1) is 11.6 Å². The number of halogens is 1. The van der Waals surface area contributed by atoms with E-state index in [1.54, 1.807) is 0 Å². The third kappa shape index (κ3) is 2.05. The van der Waals surface area contributed by atoms with Crippen molar-refractivity contribution >= 4 is 24.2 Å². The Morgan fingerprint density at radius 2 is 2.15 bits per heavy atom. The van der Waals surface area contributed by atoms with Gasteiger partial charge in [0.05, 0.1) is 12.7 Å². The Morgan fingerprint density at radius 3 is 2.77 bits per heavy atom. The fourth-order valence-corrected chi connectivity index (χ4v) is 1.48. The van der Waals surface area contributed by atoms with Gasteiger partial charge in [-0.2, -0.15) is 0 Å². The second-order valence-electron chi connectivity index (χ2n) is 2.99. The fourth-order valence-electron chi connectivity index (χ4n) is 1.31. The zero-order valence-corrected chi connectivity index (χ0v) is 7.91. The normalized spacial score (nSPS) is 22.2. The van der Waals surface area contributed by atoms with Crippen LogP contribution in [0.15, 0.2) is 30.3 Å². The summed E-state index contributed by atoms with van der Waals surface area (Å²) in [6.07, 6.45) is 0.0341. The summed E-state index contributed by atoms with van der Waals surface area (Å²) in [5.41, 5.74) is 1.05. The van der Waals surface area contributed by atoms with E-state index in [-0.39, 0.29) is 13.2 Å². The van der Waals surface area contributed by atoms with Gasteiger partial charge >= 0.3 is 7.12 Å². The topological polar surface area (TPSA) is 18.5 Å². The number of hydrogen-bond donors (Lipinski definition) is 0. The van der Waals surface area contributed by atoms with Crippen molar-refractivity contribution in [2.24, 2.45) is 0 Å². The average molecular weight is 196 g/mol. The summed E-state index contributed by atoms with van der Waals surface area (Å²) in [5, 5.41) is 0.